The summed E-state index contributed by atoms with van der Waals surface area (Å²) in [5.41, 5.74) is -0.157. The van der Waals surface area contributed by atoms with Crippen LogP contribution in [-0.2, 0) is 9.84 Å². The van der Waals surface area contributed by atoms with Crippen LogP contribution in [0, 0.1) is 0 Å². The lowest BCUT2D eigenvalue weighted by molar-refractivity contribution is 0.0692. The lowest BCUT2D eigenvalue weighted by Gasteiger charge is -2.32. The number of piperazine rings is 1. The summed E-state index contributed by atoms with van der Waals surface area (Å²) in [4.78, 5) is 15.3. The number of nitrogens with zero attached hydrogens (tertiary/aromatic N) is 2. The smallest absolute Gasteiger partial charge is 0.337 e. The van der Waals surface area contributed by atoms with Crippen molar-refractivity contribution in [3.05, 3.63) is 29.8 Å². The molecule has 1 saturated heterocycles. The number of benzene rings is 1. The summed E-state index contributed by atoms with van der Waals surface area (Å²) >= 11 is 0. The van der Waals surface area contributed by atoms with Gasteiger partial charge >= 0.3 is 5.97 Å². The Hall–Kier alpha value is -1.44. The molecule has 1 aromatic carbocycles. The lowest BCUT2D eigenvalue weighted by Crippen LogP contribution is -2.45. The van der Waals surface area contributed by atoms with Gasteiger partial charge in [-0.05, 0) is 19.2 Å². The maximum Gasteiger partial charge on any atom is 0.337 e. The Kier molecular flexibility index (Phi) is 4.97. The molecule has 21 heavy (non-hydrogen) atoms. The van der Waals surface area contributed by atoms with Crippen molar-refractivity contribution >= 4 is 15.8 Å². The van der Waals surface area contributed by atoms with Crippen LogP contribution in [0.5, 0.6) is 0 Å². The summed E-state index contributed by atoms with van der Waals surface area (Å²) in [5, 5.41) is 9.09. The maximum absolute atomic E-state index is 12.4. The van der Waals surface area contributed by atoms with Crippen LogP contribution in [0.4, 0.5) is 0 Å². The van der Waals surface area contributed by atoms with E-state index in [-0.39, 0.29) is 16.2 Å². The molecular weight excluding hydrogens is 292 g/mol. The number of hydrogen-bond acceptors (Lipinski definition) is 5. The van der Waals surface area contributed by atoms with Crippen LogP contribution in [0.15, 0.2) is 29.2 Å². The van der Waals surface area contributed by atoms with Gasteiger partial charge in [0.15, 0.2) is 9.84 Å². The second kappa shape index (κ2) is 6.55. The van der Waals surface area contributed by atoms with Crippen molar-refractivity contribution in [3.63, 3.8) is 0 Å². The van der Waals surface area contributed by atoms with E-state index >= 15 is 0 Å². The van der Waals surface area contributed by atoms with Gasteiger partial charge in [-0.15, -0.1) is 0 Å². The molecule has 0 unspecified atom stereocenters. The SMILES string of the molecule is CN1CCN(CCS(=O)(=O)c2ccccc2C(=O)O)CC1. The molecule has 116 valence electrons. The second-order valence-electron chi connectivity index (χ2n) is 5.27. The zero-order chi connectivity index (χ0) is 15.5. The van der Waals surface area contributed by atoms with Crippen LogP contribution in [0.25, 0.3) is 0 Å². The monoisotopic (exact) mass is 312 g/mol. The molecule has 7 heteroatoms. The molecule has 1 heterocycles. The lowest BCUT2D eigenvalue weighted by atomic mass is 10.2. The van der Waals surface area contributed by atoms with Crippen LogP contribution in [0.3, 0.4) is 0 Å². The zero-order valence-corrected chi connectivity index (χ0v) is 12.8. The third-order valence-corrected chi connectivity index (χ3v) is 5.47. The fourth-order valence-electron chi connectivity index (χ4n) is 2.35. The Bertz CT molecular complexity index is 607. The highest BCUT2D eigenvalue weighted by Crippen LogP contribution is 2.17. The maximum atomic E-state index is 12.4. The van der Waals surface area contributed by atoms with E-state index in [0.717, 1.165) is 26.2 Å². The first-order chi connectivity index (χ1) is 9.90. The van der Waals surface area contributed by atoms with E-state index in [4.69, 9.17) is 5.11 Å². The average molecular weight is 312 g/mol. The van der Waals surface area contributed by atoms with E-state index in [9.17, 15) is 13.2 Å². The van der Waals surface area contributed by atoms with Gasteiger partial charge in [0.05, 0.1) is 16.2 Å². The topological polar surface area (TPSA) is 77.9 Å². The summed E-state index contributed by atoms with van der Waals surface area (Å²) in [6, 6.07) is 5.77. The van der Waals surface area contributed by atoms with Gasteiger partial charge in [-0.25, -0.2) is 13.2 Å². The largest absolute Gasteiger partial charge is 0.478 e. The van der Waals surface area contributed by atoms with Crippen molar-refractivity contribution in [2.24, 2.45) is 0 Å². The predicted octanol–water partition coefficient (Wildman–Crippen LogP) is 0.406. The number of aromatic carboxylic acids is 1. The van der Waals surface area contributed by atoms with E-state index in [1.54, 1.807) is 6.07 Å². The van der Waals surface area contributed by atoms with Crippen LogP contribution in [0.1, 0.15) is 10.4 Å². The van der Waals surface area contributed by atoms with Gasteiger partial charge in [0.1, 0.15) is 0 Å². The van der Waals surface area contributed by atoms with Gasteiger partial charge in [0.25, 0.3) is 0 Å². The first kappa shape index (κ1) is 15.9. The summed E-state index contributed by atoms with van der Waals surface area (Å²) < 4.78 is 24.7. The van der Waals surface area contributed by atoms with Gasteiger partial charge in [-0.1, -0.05) is 12.1 Å². The molecule has 1 aliphatic heterocycles. The Morgan fingerprint density at radius 3 is 2.43 bits per heavy atom. The Balaban J connectivity index is 2.07. The minimum atomic E-state index is -3.58. The summed E-state index contributed by atoms with van der Waals surface area (Å²) in [5.74, 6) is -1.27. The third kappa shape index (κ3) is 4.03. The molecule has 1 aromatic rings. The molecule has 0 aliphatic carbocycles. The van der Waals surface area contributed by atoms with Gasteiger partial charge in [0, 0.05) is 32.7 Å². The van der Waals surface area contributed by atoms with Gasteiger partial charge in [0.2, 0.25) is 0 Å². The zero-order valence-electron chi connectivity index (χ0n) is 12.0. The molecule has 1 aliphatic rings. The van der Waals surface area contributed by atoms with Crippen molar-refractivity contribution in [1.29, 1.82) is 0 Å². The van der Waals surface area contributed by atoms with Crippen LogP contribution in [0.2, 0.25) is 0 Å². The van der Waals surface area contributed by atoms with Crippen molar-refractivity contribution in [3.8, 4) is 0 Å². The minimum absolute atomic E-state index is 0.0546. The highest BCUT2D eigenvalue weighted by Gasteiger charge is 2.23. The van der Waals surface area contributed by atoms with Crippen molar-refractivity contribution in [2.75, 3.05) is 45.5 Å². The fourth-order valence-corrected chi connectivity index (χ4v) is 3.84. The minimum Gasteiger partial charge on any atom is -0.478 e. The average Bonchev–Trinajstić information content (AvgIpc) is 2.47. The molecular formula is C14H20N2O4S. The van der Waals surface area contributed by atoms with Gasteiger partial charge < -0.3 is 10.0 Å². The predicted molar refractivity (Wildman–Crippen MR) is 79.4 cm³/mol. The molecule has 0 radical (unpaired) electrons. The van der Waals surface area contributed by atoms with Crippen LogP contribution in [-0.4, -0.2) is 74.8 Å². The van der Waals surface area contributed by atoms with Crippen molar-refractivity contribution < 1.29 is 18.3 Å². The number of likely N-dealkylation sites (N-methyl/N-ethyl adjacent to an activating group) is 1. The quantitative estimate of drug-likeness (QED) is 0.848. The number of carboxylic acids is 1. The fraction of sp³-hybridized carbons (Fsp3) is 0.500. The number of carbonyl (C=O) groups is 1. The van der Waals surface area contributed by atoms with Crippen LogP contribution < -0.4 is 0 Å². The first-order valence-electron chi connectivity index (χ1n) is 6.86. The third-order valence-electron chi connectivity index (χ3n) is 3.72. The Morgan fingerprint density at radius 1 is 1.19 bits per heavy atom. The molecule has 6 nitrogen and oxygen atoms in total. The number of carboxylic acid groups (broad SMARTS) is 1. The number of rotatable bonds is 5. The molecule has 0 saturated carbocycles. The van der Waals surface area contributed by atoms with Gasteiger partial charge in [-0.2, -0.15) is 0 Å². The standard InChI is InChI=1S/C14H20N2O4S/c1-15-6-8-16(9-7-15)10-11-21(19,20)13-5-3-2-4-12(13)14(17)18/h2-5H,6-11H2,1H3,(H,17,18). The van der Waals surface area contributed by atoms with Crippen LogP contribution >= 0.6 is 0 Å². The summed E-state index contributed by atoms with van der Waals surface area (Å²) in [6.45, 7) is 3.96. The first-order valence-corrected chi connectivity index (χ1v) is 8.51. The second-order valence-corrected chi connectivity index (χ2v) is 7.34. The van der Waals surface area contributed by atoms with Gasteiger partial charge in [-0.3, -0.25) is 4.90 Å². The number of sulfone groups is 1. The van der Waals surface area contributed by atoms with E-state index in [0.29, 0.717) is 6.54 Å². The highest BCUT2D eigenvalue weighted by molar-refractivity contribution is 7.91. The normalized spacial score (nSPS) is 17.8. The highest BCUT2D eigenvalue weighted by atomic mass is 32.2. The van der Waals surface area contributed by atoms with E-state index in [1.165, 1.54) is 18.2 Å². The van der Waals surface area contributed by atoms with E-state index in [2.05, 4.69) is 9.80 Å². The van der Waals surface area contributed by atoms with Crippen molar-refractivity contribution in [2.45, 2.75) is 4.90 Å². The van der Waals surface area contributed by atoms with E-state index in [1.807, 2.05) is 7.05 Å². The molecule has 0 spiro atoms. The molecule has 1 N–H and O–H groups in total. The Labute approximate surface area is 124 Å². The molecule has 0 atom stereocenters. The molecule has 0 bridgehead atoms. The molecule has 1 fully saturated rings. The molecule has 0 amide bonds. The van der Waals surface area contributed by atoms with E-state index < -0.39 is 15.8 Å². The van der Waals surface area contributed by atoms with Crippen molar-refractivity contribution in [1.82, 2.24) is 9.80 Å². The molecule has 0 aromatic heterocycles. The Morgan fingerprint density at radius 2 is 1.81 bits per heavy atom. The molecule has 2 rings (SSSR count). The summed E-state index contributed by atoms with van der Waals surface area (Å²) in [7, 11) is -1.55. The number of hydrogen-bond donors (Lipinski definition) is 1. The summed E-state index contributed by atoms with van der Waals surface area (Å²) in [6.07, 6.45) is 0.